The van der Waals surface area contributed by atoms with Gasteiger partial charge in [0.1, 0.15) is 0 Å². The standard InChI is InChI=1S/C12H20BrNO2S/c1-3-15-12(16-4-2)5-6-14-8-11-7-10(13)9-17-11/h7,9,12,14H,3-6,8H2,1-2H3. The van der Waals surface area contributed by atoms with Gasteiger partial charge in [-0.15, -0.1) is 11.3 Å². The van der Waals surface area contributed by atoms with Crippen molar-refractivity contribution in [3.05, 3.63) is 20.8 Å². The van der Waals surface area contributed by atoms with E-state index in [1.807, 2.05) is 13.8 Å². The van der Waals surface area contributed by atoms with Crippen molar-refractivity contribution in [1.29, 1.82) is 0 Å². The van der Waals surface area contributed by atoms with E-state index in [1.54, 1.807) is 11.3 Å². The number of thiophene rings is 1. The van der Waals surface area contributed by atoms with Crippen LogP contribution in [0, 0.1) is 0 Å². The van der Waals surface area contributed by atoms with Crippen LogP contribution in [0.5, 0.6) is 0 Å². The highest BCUT2D eigenvalue weighted by molar-refractivity contribution is 9.10. The van der Waals surface area contributed by atoms with Crippen LogP contribution >= 0.6 is 27.3 Å². The highest BCUT2D eigenvalue weighted by Gasteiger charge is 2.06. The molecule has 0 saturated carbocycles. The summed E-state index contributed by atoms with van der Waals surface area (Å²) < 4.78 is 12.1. The average molecular weight is 322 g/mol. The average Bonchev–Trinajstić information content (AvgIpc) is 2.71. The second kappa shape index (κ2) is 9.05. The summed E-state index contributed by atoms with van der Waals surface area (Å²) in [5.41, 5.74) is 0. The van der Waals surface area contributed by atoms with Crippen molar-refractivity contribution in [2.45, 2.75) is 33.1 Å². The van der Waals surface area contributed by atoms with Gasteiger partial charge in [-0.3, -0.25) is 0 Å². The number of halogens is 1. The number of nitrogens with one attached hydrogen (secondary N) is 1. The Morgan fingerprint density at radius 2 is 2.06 bits per heavy atom. The van der Waals surface area contributed by atoms with Gasteiger partial charge in [-0.1, -0.05) is 0 Å². The lowest BCUT2D eigenvalue weighted by atomic mass is 10.4. The van der Waals surface area contributed by atoms with Crippen molar-refractivity contribution in [2.24, 2.45) is 0 Å². The first-order chi connectivity index (χ1) is 8.26. The summed E-state index contributed by atoms with van der Waals surface area (Å²) in [5, 5.41) is 5.49. The Morgan fingerprint density at radius 3 is 2.59 bits per heavy atom. The first-order valence-corrected chi connectivity index (χ1v) is 7.60. The van der Waals surface area contributed by atoms with Crippen molar-refractivity contribution in [1.82, 2.24) is 5.32 Å². The molecule has 0 aliphatic rings. The lowest BCUT2D eigenvalue weighted by molar-refractivity contribution is -0.138. The van der Waals surface area contributed by atoms with Crippen LogP contribution in [-0.4, -0.2) is 26.0 Å². The summed E-state index contributed by atoms with van der Waals surface area (Å²) in [4.78, 5) is 1.33. The Hall–Kier alpha value is 0.0600. The predicted molar refractivity (Wildman–Crippen MR) is 75.4 cm³/mol. The summed E-state index contributed by atoms with van der Waals surface area (Å²) in [5.74, 6) is 0. The van der Waals surface area contributed by atoms with Gasteiger partial charge in [-0.2, -0.15) is 0 Å². The fourth-order valence-electron chi connectivity index (χ4n) is 1.46. The fraction of sp³-hybridized carbons (Fsp3) is 0.667. The van der Waals surface area contributed by atoms with Crippen molar-refractivity contribution >= 4 is 27.3 Å². The van der Waals surface area contributed by atoms with E-state index in [-0.39, 0.29) is 6.29 Å². The molecule has 1 aromatic heterocycles. The van der Waals surface area contributed by atoms with E-state index in [4.69, 9.17) is 9.47 Å². The minimum atomic E-state index is -0.0763. The molecule has 0 saturated heterocycles. The van der Waals surface area contributed by atoms with Crippen LogP contribution in [0.25, 0.3) is 0 Å². The van der Waals surface area contributed by atoms with E-state index >= 15 is 0 Å². The van der Waals surface area contributed by atoms with Crippen LogP contribution in [0.2, 0.25) is 0 Å². The molecule has 3 nitrogen and oxygen atoms in total. The minimum absolute atomic E-state index is 0.0763. The molecule has 0 atom stereocenters. The monoisotopic (exact) mass is 321 g/mol. The zero-order valence-corrected chi connectivity index (χ0v) is 12.8. The van der Waals surface area contributed by atoms with Gasteiger partial charge in [-0.25, -0.2) is 0 Å². The van der Waals surface area contributed by atoms with Gasteiger partial charge < -0.3 is 14.8 Å². The van der Waals surface area contributed by atoms with Gasteiger partial charge in [-0.05, 0) is 35.8 Å². The van der Waals surface area contributed by atoms with Crippen molar-refractivity contribution < 1.29 is 9.47 Å². The van der Waals surface area contributed by atoms with Gasteiger partial charge in [0.2, 0.25) is 0 Å². The van der Waals surface area contributed by atoms with Gasteiger partial charge in [0.05, 0.1) is 0 Å². The summed E-state index contributed by atoms with van der Waals surface area (Å²) in [6.07, 6.45) is 0.807. The van der Waals surface area contributed by atoms with Gasteiger partial charge in [0.25, 0.3) is 0 Å². The third-order valence-electron chi connectivity index (χ3n) is 2.18. The van der Waals surface area contributed by atoms with E-state index in [9.17, 15) is 0 Å². The molecule has 98 valence electrons. The van der Waals surface area contributed by atoms with Crippen LogP contribution < -0.4 is 5.32 Å². The highest BCUT2D eigenvalue weighted by atomic mass is 79.9. The number of ether oxygens (including phenoxy) is 2. The molecule has 1 rings (SSSR count). The Bertz CT molecular complexity index is 300. The Balaban J connectivity index is 2.13. The largest absolute Gasteiger partial charge is 0.353 e. The van der Waals surface area contributed by atoms with E-state index in [2.05, 4.69) is 32.7 Å². The van der Waals surface area contributed by atoms with Crippen LogP contribution in [0.3, 0.4) is 0 Å². The van der Waals surface area contributed by atoms with E-state index in [0.29, 0.717) is 13.2 Å². The molecule has 0 aliphatic heterocycles. The molecule has 0 spiro atoms. The Kier molecular flexibility index (Phi) is 8.05. The lowest BCUT2D eigenvalue weighted by Crippen LogP contribution is -2.24. The topological polar surface area (TPSA) is 30.5 Å². The van der Waals surface area contributed by atoms with Crippen LogP contribution in [0.1, 0.15) is 25.1 Å². The van der Waals surface area contributed by atoms with Crippen molar-refractivity contribution in [2.75, 3.05) is 19.8 Å². The smallest absolute Gasteiger partial charge is 0.158 e. The molecule has 1 heterocycles. The summed E-state index contributed by atoms with van der Waals surface area (Å²) in [7, 11) is 0. The summed E-state index contributed by atoms with van der Waals surface area (Å²) in [6.45, 7) is 7.18. The number of hydrogen-bond donors (Lipinski definition) is 1. The third-order valence-corrected chi connectivity index (χ3v) is 3.88. The molecular formula is C12H20BrNO2S. The molecule has 0 aliphatic carbocycles. The summed E-state index contributed by atoms with van der Waals surface area (Å²) >= 11 is 5.21. The predicted octanol–water partition coefficient (Wildman–Crippen LogP) is 3.39. The molecule has 0 bridgehead atoms. The first-order valence-electron chi connectivity index (χ1n) is 5.93. The fourth-order valence-corrected chi connectivity index (χ4v) is 2.89. The van der Waals surface area contributed by atoms with Gasteiger partial charge >= 0.3 is 0 Å². The molecule has 5 heteroatoms. The third kappa shape index (κ3) is 6.52. The lowest BCUT2D eigenvalue weighted by Gasteiger charge is -2.16. The number of rotatable bonds is 9. The molecule has 1 N–H and O–H groups in total. The molecule has 0 radical (unpaired) electrons. The maximum Gasteiger partial charge on any atom is 0.158 e. The van der Waals surface area contributed by atoms with E-state index in [1.165, 1.54) is 4.88 Å². The van der Waals surface area contributed by atoms with Crippen LogP contribution in [0.15, 0.2) is 15.9 Å². The Labute approximate surface area is 116 Å². The SMILES string of the molecule is CCOC(CCNCc1cc(Br)cs1)OCC. The van der Waals surface area contributed by atoms with Gasteiger partial charge in [0, 0.05) is 47.5 Å². The molecule has 17 heavy (non-hydrogen) atoms. The maximum atomic E-state index is 5.47. The maximum absolute atomic E-state index is 5.47. The number of hydrogen-bond acceptors (Lipinski definition) is 4. The molecular weight excluding hydrogens is 302 g/mol. The highest BCUT2D eigenvalue weighted by Crippen LogP contribution is 2.19. The Morgan fingerprint density at radius 1 is 1.35 bits per heavy atom. The van der Waals surface area contributed by atoms with Crippen LogP contribution in [-0.2, 0) is 16.0 Å². The molecule has 1 aromatic rings. The van der Waals surface area contributed by atoms with E-state index in [0.717, 1.165) is 24.0 Å². The molecule has 0 amide bonds. The quantitative estimate of drug-likeness (QED) is 0.558. The second-order valence-electron chi connectivity index (χ2n) is 3.54. The van der Waals surface area contributed by atoms with Crippen molar-refractivity contribution in [3.63, 3.8) is 0 Å². The van der Waals surface area contributed by atoms with Crippen LogP contribution in [0.4, 0.5) is 0 Å². The zero-order valence-electron chi connectivity index (χ0n) is 10.4. The van der Waals surface area contributed by atoms with Gasteiger partial charge in [0.15, 0.2) is 6.29 Å². The summed E-state index contributed by atoms with van der Waals surface area (Å²) in [6, 6.07) is 2.14. The molecule has 0 aromatic carbocycles. The second-order valence-corrected chi connectivity index (χ2v) is 5.45. The van der Waals surface area contributed by atoms with Crippen molar-refractivity contribution in [3.8, 4) is 0 Å². The molecule has 0 fully saturated rings. The first kappa shape index (κ1) is 15.1. The molecule has 0 unspecified atom stereocenters. The normalized spacial score (nSPS) is 11.3. The minimum Gasteiger partial charge on any atom is -0.353 e. The zero-order chi connectivity index (χ0) is 12.5. The van der Waals surface area contributed by atoms with E-state index < -0.39 is 0 Å².